The fourth-order valence-electron chi connectivity index (χ4n) is 2.91. The molecule has 0 amide bonds. The Labute approximate surface area is 143 Å². The fourth-order valence-corrected chi connectivity index (χ4v) is 4.42. The van der Waals surface area contributed by atoms with Crippen LogP contribution in [0.15, 0.2) is 54.6 Å². The molecule has 3 rings (SSSR count). The third-order valence-electron chi connectivity index (χ3n) is 4.24. The first-order chi connectivity index (χ1) is 11.6. The molecule has 0 aliphatic carbocycles. The summed E-state index contributed by atoms with van der Waals surface area (Å²) in [5.74, 6) is 0.874. The lowest BCUT2D eigenvalue weighted by molar-refractivity contribution is 0.383. The SMILES string of the molecule is COc1cccc(N2CCN(S(=O)(=O)Cc3ccccc3)CC2)c1. The number of anilines is 1. The van der Waals surface area contributed by atoms with Crippen LogP contribution in [0.2, 0.25) is 0 Å². The van der Waals surface area contributed by atoms with Crippen molar-refractivity contribution >= 4 is 15.7 Å². The van der Waals surface area contributed by atoms with E-state index in [-0.39, 0.29) is 5.75 Å². The number of sulfonamides is 1. The molecule has 6 heteroatoms. The van der Waals surface area contributed by atoms with E-state index >= 15 is 0 Å². The van der Waals surface area contributed by atoms with E-state index in [9.17, 15) is 8.42 Å². The third kappa shape index (κ3) is 3.88. The number of piperazine rings is 1. The molecule has 0 aromatic heterocycles. The van der Waals surface area contributed by atoms with Gasteiger partial charge >= 0.3 is 0 Å². The van der Waals surface area contributed by atoms with E-state index in [1.165, 1.54) is 0 Å². The predicted octanol–water partition coefficient (Wildman–Crippen LogP) is 2.35. The Kier molecular flexibility index (Phi) is 5.06. The summed E-state index contributed by atoms with van der Waals surface area (Å²) >= 11 is 0. The van der Waals surface area contributed by atoms with E-state index in [2.05, 4.69) is 4.90 Å². The van der Waals surface area contributed by atoms with Crippen molar-refractivity contribution < 1.29 is 13.2 Å². The van der Waals surface area contributed by atoms with E-state index in [0.29, 0.717) is 26.2 Å². The van der Waals surface area contributed by atoms with Gasteiger partial charge in [-0.05, 0) is 17.7 Å². The summed E-state index contributed by atoms with van der Waals surface area (Å²) in [6, 6.07) is 17.2. The standard InChI is InChI=1S/C18H22N2O3S/c1-23-18-9-5-8-17(14-18)19-10-12-20(13-11-19)24(21,22)15-16-6-3-2-4-7-16/h2-9,14H,10-13,15H2,1H3. The zero-order valence-electron chi connectivity index (χ0n) is 13.8. The summed E-state index contributed by atoms with van der Waals surface area (Å²) in [4.78, 5) is 2.19. The van der Waals surface area contributed by atoms with Crippen LogP contribution in [0.5, 0.6) is 5.75 Å². The van der Waals surface area contributed by atoms with Crippen molar-refractivity contribution in [3.63, 3.8) is 0 Å². The minimum absolute atomic E-state index is 0.0625. The van der Waals surface area contributed by atoms with Crippen molar-refractivity contribution in [3.8, 4) is 5.75 Å². The van der Waals surface area contributed by atoms with Crippen LogP contribution in [0.4, 0.5) is 5.69 Å². The Bertz CT molecular complexity index is 770. The lowest BCUT2D eigenvalue weighted by atomic mass is 10.2. The predicted molar refractivity (Wildman–Crippen MR) is 95.8 cm³/mol. The summed E-state index contributed by atoms with van der Waals surface area (Å²) < 4.78 is 32.0. The maximum absolute atomic E-state index is 12.6. The van der Waals surface area contributed by atoms with Gasteiger partial charge in [0.2, 0.25) is 10.0 Å². The molecule has 1 heterocycles. The molecule has 2 aromatic rings. The number of rotatable bonds is 5. The van der Waals surface area contributed by atoms with Crippen molar-refractivity contribution in [2.45, 2.75) is 5.75 Å². The molecule has 128 valence electrons. The molecule has 1 fully saturated rings. The largest absolute Gasteiger partial charge is 0.497 e. The minimum atomic E-state index is -3.27. The molecule has 0 N–H and O–H groups in total. The lowest BCUT2D eigenvalue weighted by Gasteiger charge is -2.35. The molecule has 5 nitrogen and oxygen atoms in total. The molecule has 0 saturated carbocycles. The van der Waals surface area contributed by atoms with Gasteiger partial charge in [-0.15, -0.1) is 0 Å². The number of ether oxygens (including phenoxy) is 1. The Morgan fingerprint density at radius 3 is 2.33 bits per heavy atom. The van der Waals surface area contributed by atoms with Crippen LogP contribution in [0.1, 0.15) is 5.56 Å². The molecule has 0 spiro atoms. The Hall–Kier alpha value is -2.05. The summed E-state index contributed by atoms with van der Waals surface area (Å²) in [6.45, 7) is 2.38. The van der Waals surface area contributed by atoms with Gasteiger partial charge in [0.05, 0.1) is 12.9 Å². The van der Waals surface area contributed by atoms with E-state index < -0.39 is 10.0 Å². The van der Waals surface area contributed by atoms with Crippen molar-refractivity contribution in [2.24, 2.45) is 0 Å². The van der Waals surface area contributed by atoms with Crippen LogP contribution in [0, 0.1) is 0 Å². The van der Waals surface area contributed by atoms with E-state index in [0.717, 1.165) is 17.0 Å². The Balaban J connectivity index is 1.64. The Morgan fingerprint density at radius 2 is 1.67 bits per heavy atom. The number of hydrogen-bond acceptors (Lipinski definition) is 4. The molecule has 0 atom stereocenters. The third-order valence-corrected chi connectivity index (χ3v) is 6.09. The number of nitrogens with zero attached hydrogens (tertiary/aromatic N) is 2. The van der Waals surface area contributed by atoms with Gasteiger partial charge in [0, 0.05) is 37.9 Å². The first-order valence-corrected chi connectivity index (χ1v) is 9.60. The van der Waals surface area contributed by atoms with Gasteiger partial charge < -0.3 is 9.64 Å². The molecule has 0 bridgehead atoms. The molecule has 0 unspecified atom stereocenters. The van der Waals surface area contributed by atoms with Crippen molar-refractivity contribution in [1.82, 2.24) is 4.31 Å². The summed E-state index contributed by atoms with van der Waals surface area (Å²) in [5, 5.41) is 0. The molecule has 0 radical (unpaired) electrons. The van der Waals surface area contributed by atoms with Crippen LogP contribution < -0.4 is 9.64 Å². The second-order valence-corrected chi connectivity index (χ2v) is 7.80. The highest BCUT2D eigenvalue weighted by Crippen LogP contribution is 2.23. The van der Waals surface area contributed by atoms with Gasteiger partial charge in [0.15, 0.2) is 0 Å². The van der Waals surface area contributed by atoms with Gasteiger partial charge in [-0.2, -0.15) is 4.31 Å². The van der Waals surface area contributed by atoms with Crippen LogP contribution in [-0.2, 0) is 15.8 Å². The summed E-state index contributed by atoms with van der Waals surface area (Å²) in [6.07, 6.45) is 0. The monoisotopic (exact) mass is 346 g/mol. The van der Waals surface area contributed by atoms with Crippen molar-refractivity contribution in [3.05, 3.63) is 60.2 Å². The topological polar surface area (TPSA) is 49.9 Å². The summed E-state index contributed by atoms with van der Waals surface area (Å²) in [7, 11) is -1.63. The van der Waals surface area contributed by atoms with Crippen LogP contribution in [-0.4, -0.2) is 46.0 Å². The molecule has 1 aliphatic rings. The van der Waals surface area contributed by atoms with Gasteiger partial charge in [0.1, 0.15) is 5.75 Å². The normalized spacial score (nSPS) is 16.1. The van der Waals surface area contributed by atoms with Gasteiger partial charge in [-0.1, -0.05) is 36.4 Å². The van der Waals surface area contributed by atoms with E-state index in [4.69, 9.17) is 4.74 Å². The highest BCUT2D eigenvalue weighted by Gasteiger charge is 2.27. The van der Waals surface area contributed by atoms with E-state index in [1.807, 2.05) is 54.6 Å². The molecule has 2 aromatic carbocycles. The van der Waals surface area contributed by atoms with Crippen molar-refractivity contribution in [1.29, 1.82) is 0 Å². The number of hydrogen-bond donors (Lipinski definition) is 0. The molecular formula is C18H22N2O3S. The quantitative estimate of drug-likeness (QED) is 0.834. The maximum atomic E-state index is 12.6. The zero-order chi connectivity index (χ0) is 17.0. The smallest absolute Gasteiger partial charge is 0.218 e. The van der Waals surface area contributed by atoms with Gasteiger partial charge in [-0.25, -0.2) is 8.42 Å². The summed E-state index contributed by atoms with van der Waals surface area (Å²) in [5.41, 5.74) is 1.89. The molecule has 24 heavy (non-hydrogen) atoms. The Morgan fingerprint density at radius 1 is 0.958 bits per heavy atom. The highest BCUT2D eigenvalue weighted by atomic mass is 32.2. The second-order valence-electron chi connectivity index (χ2n) is 5.83. The molecular weight excluding hydrogens is 324 g/mol. The number of methoxy groups -OCH3 is 1. The second kappa shape index (κ2) is 7.23. The zero-order valence-corrected chi connectivity index (χ0v) is 14.6. The average molecular weight is 346 g/mol. The highest BCUT2D eigenvalue weighted by molar-refractivity contribution is 7.88. The number of benzene rings is 2. The molecule has 1 aliphatic heterocycles. The average Bonchev–Trinajstić information content (AvgIpc) is 2.62. The van der Waals surface area contributed by atoms with Crippen LogP contribution in [0.25, 0.3) is 0 Å². The van der Waals surface area contributed by atoms with Crippen LogP contribution in [0.3, 0.4) is 0 Å². The fraction of sp³-hybridized carbons (Fsp3) is 0.333. The first kappa shape index (κ1) is 16.8. The van der Waals surface area contributed by atoms with E-state index in [1.54, 1.807) is 11.4 Å². The van der Waals surface area contributed by atoms with Gasteiger partial charge in [-0.3, -0.25) is 0 Å². The first-order valence-electron chi connectivity index (χ1n) is 7.99. The van der Waals surface area contributed by atoms with Crippen LogP contribution >= 0.6 is 0 Å². The minimum Gasteiger partial charge on any atom is -0.497 e. The van der Waals surface area contributed by atoms with Crippen molar-refractivity contribution in [2.75, 3.05) is 38.2 Å². The maximum Gasteiger partial charge on any atom is 0.218 e. The lowest BCUT2D eigenvalue weighted by Crippen LogP contribution is -2.49. The van der Waals surface area contributed by atoms with Gasteiger partial charge in [0.25, 0.3) is 0 Å². The molecule has 1 saturated heterocycles.